The van der Waals surface area contributed by atoms with E-state index in [1.54, 1.807) is 31.2 Å². The van der Waals surface area contributed by atoms with Gasteiger partial charge in [0.15, 0.2) is 0 Å². The largest absolute Gasteiger partial charge is 0.352 e. The lowest BCUT2D eigenvalue weighted by atomic mass is 9.95. The summed E-state index contributed by atoms with van der Waals surface area (Å²) in [6, 6.07) is 13.3. The lowest BCUT2D eigenvalue weighted by molar-refractivity contribution is -0.139. The first-order chi connectivity index (χ1) is 16.5. The molecule has 2 aromatic carbocycles. The molecule has 1 N–H and O–H groups in total. The van der Waals surface area contributed by atoms with Gasteiger partial charge < -0.3 is 10.2 Å². The van der Waals surface area contributed by atoms with E-state index >= 15 is 0 Å². The van der Waals surface area contributed by atoms with Crippen LogP contribution >= 0.6 is 11.6 Å². The van der Waals surface area contributed by atoms with Crippen LogP contribution in [0.25, 0.3) is 0 Å². The third kappa shape index (κ3) is 7.70. The Morgan fingerprint density at radius 2 is 1.74 bits per heavy atom. The Morgan fingerprint density at radius 1 is 1.09 bits per heavy atom. The number of aryl methyl sites for hydroxylation is 1. The fourth-order valence-electron chi connectivity index (χ4n) is 4.38. The molecular formula is C26H34ClN3O4S. The monoisotopic (exact) mass is 519 g/mol. The summed E-state index contributed by atoms with van der Waals surface area (Å²) < 4.78 is 26.2. The summed E-state index contributed by atoms with van der Waals surface area (Å²) in [6.07, 6.45) is 6.25. The average molecular weight is 520 g/mol. The number of nitrogens with zero attached hydrogens (tertiary/aromatic N) is 2. The van der Waals surface area contributed by atoms with Crippen LogP contribution in [0.2, 0.25) is 5.02 Å². The molecule has 1 unspecified atom stereocenters. The highest BCUT2D eigenvalue weighted by Gasteiger charge is 2.31. The van der Waals surface area contributed by atoms with Gasteiger partial charge in [0.2, 0.25) is 21.8 Å². The first-order valence-corrected chi connectivity index (χ1v) is 14.2. The van der Waals surface area contributed by atoms with Crippen molar-refractivity contribution in [2.45, 2.75) is 64.6 Å². The second-order valence-corrected chi connectivity index (χ2v) is 11.6. The van der Waals surface area contributed by atoms with Gasteiger partial charge in [-0.1, -0.05) is 60.7 Å². The first kappa shape index (κ1) is 27.0. The molecule has 7 nitrogen and oxygen atoms in total. The molecule has 1 saturated carbocycles. The molecule has 190 valence electrons. The molecule has 0 radical (unpaired) electrons. The maximum absolute atomic E-state index is 13.6. The molecule has 1 fully saturated rings. The van der Waals surface area contributed by atoms with Gasteiger partial charge in [-0.25, -0.2) is 8.42 Å². The molecular weight excluding hydrogens is 486 g/mol. The normalized spacial score (nSPS) is 15.3. The van der Waals surface area contributed by atoms with Gasteiger partial charge in [0, 0.05) is 17.6 Å². The minimum Gasteiger partial charge on any atom is -0.352 e. The molecule has 1 aliphatic rings. The molecule has 0 bridgehead atoms. The van der Waals surface area contributed by atoms with Gasteiger partial charge in [-0.05, 0) is 56.5 Å². The van der Waals surface area contributed by atoms with Gasteiger partial charge in [-0.3, -0.25) is 13.9 Å². The van der Waals surface area contributed by atoms with Gasteiger partial charge in [-0.2, -0.15) is 0 Å². The van der Waals surface area contributed by atoms with E-state index in [9.17, 15) is 18.0 Å². The zero-order valence-electron chi connectivity index (χ0n) is 20.5. The van der Waals surface area contributed by atoms with Gasteiger partial charge in [0.25, 0.3) is 0 Å². The second kappa shape index (κ2) is 11.9. The summed E-state index contributed by atoms with van der Waals surface area (Å²) in [5, 5.41) is 3.55. The smallest absolute Gasteiger partial charge is 0.244 e. The number of carbonyl (C=O) groups is 2. The number of benzene rings is 2. The topological polar surface area (TPSA) is 86.8 Å². The summed E-state index contributed by atoms with van der Waals surface area (Å²) >= 11 is 5.96. The molecule has 0 aromatic heterocycles. The molecule has 2 aromatic rings. The highest BCUT2D eigenvalue weighted by atomic mass is 35.5. The minimum absolute atomic E-state index is 0.108. The van der Waals surface area contributed by atoms with Gasteiger partial charge >= 0.3 is 0 Å². The van der Waals surface area contributed by atoms with Crippen molar-refractivity contribution in [3.8, 4) is 0 Å². The maximum Gasteiger partial charge on any atom is 0.244 e. The standard InChI is InChI=1S/C26H34ClN3O4S/c1-19-8-7-9-21(16-19)17-29(20(2)26(32)28-23-10-5-4-6-11-23)25(31)18-30(35(3,33)34)24-14-12-22(27)13-15-24/h7-9,12-16,20,23H,4-6,10-11,17-18H2,1-3H3,(H,28,32). The molecule has 0 spiro atoms. The number of hydrogen-bond acceptors (Lipinski definition) is 4. The van der Waals surface area contributed by atoms with Crippen LogP contribution in [0, 0.1) is 6.92 Å². The fourth-order valence-corrected chi connectivity index (χ4v) is 5.36. The predicted octanol–water partition coefficient (Wildman–Crippen LogP) is 4.28. The molecule has 35 heavy (non-hydrogen) atoms. The van der Waals surface area contributed by atoms with Crippen molar-refractivity contribution in [3.63, 3.8) is 0 Å². The lowest BCUT2D eigenvalue weighted by Gasteiger charge is -2.33. The molecule has 1 aliphatic carbocycles. The van der Waals surface area contributed by atoms with E-state index in [2.05, 4.69) is 5.32 Å². The molecule has 0 saturated heterocycles. The molecule has 3 rings (SSSR count). The van der Waals surface area contributed by atoms with Crippen LogP contribution in [0.1, 0.15) is 50.2 Å². The summed E-state index contributed by atoms with van der Waals surface area (Å²) in [5.41, 5.74) is 2.24. The number of nitrogens with one attached hydrogen (secondary N) is 1. The summed E-state index contributed by atoms with van der Waals surface area (Å²) in [4.78, 5) is 28.2. The van der Waals surface area contributed by atoms with Crippen molar-refractivity contribution in [1.82, 2.24) is 10.2 Å². The molecule has 0 aliphatic heterocycles. The Kier molecular flexibility index (Phi) is 9.19. The van der Waals surface area contributed by atoms with Crippen LogP contribution in [0.5, 0.6) is 0 Å². The minimum atomic E-state index is -3.77. The molecule has 2 amide bonds. The van der Waals surface area contributed by atoms with Crippen molar-refractivity contribution < 1.29 is 18.0 Å². The number of sulfonamides is 1. The highest BCUT2D eigenvalue weighted by Crippen LogP contribution is 2.22. The van der Waals surface area contributed by atoms with E-state index in [0.29, 0.717) is 10.7 Å². The number of halogens is 1. The summed E-state index contributed by atoms with van der Waals surface area (Å²) in [7, 11) is -3.77. The van der Waals surface area contributed by atoms with E-state index in [-0.39, 0.29) is 18.5 Å². The van der Waals surface area contributed by atoms with Crippen LogP contribution < -0.4 is 9.62 Å². The summed E-state index contributed by atoms with van der Waals surface area (Å²) in [6.45, 7) is 3.42. The van der Waals surface area contributed by atoms with Gasteiger partial charge in [0.1, 0.15) is 12.6 Å². The number of amides is 2. The third-order valence-corrected chi connectivity index (χ3v) is 7.74. The Balaban J connectivity index is 1.86. The molecule has 0 heterocycles. The maximum atomic E-state index is 13.6. The Labute approximate surface area is 213 Å². The first-order valence-electron chi connectivity index (χ1n) is 11.9. The molecule has 9 heteroatoms. The van der Waals surface area contributed by atoms with Crippen molar-refractivity contribution in [2.24, 2.45) is 0 Å². The number of anilines is 1. The van der Waals surface area contributed by atoms with Crippen LogP contribution in [0.15, 0.2) is 48.5 Å². The highest BCUT2D eigenvalue weighted by molar-refractivity contribution is 7.92. The molecule has 1 atom stereocenters. The Morgan fingerprint density at radius 3 is 2.34 bits per heavy atom. The third-order valence-electron chi connectivity index (χ3n) is 6.35. The van der Waals surface area contributed by atoms with Gasteiger partial charge in [-0.15, -0.1) is 0 Å². The Hall–Kier alpha value is -2.58. The quantitative estimate of drug-likeness (QED) is 0.535. The average Bonchev–Trinajstić information content (AvgIpc) is 2.81. The number of hydrogen-bond donors (Lipinski definition) is 1. The van der Waals surface area contributed by atoms with E-state index < -0.39 is 28.5 Å². The van der Waals surface area contributed by atoms with Crippen molar-refractivity contribution in [3.05, 3.63) is 64.7 Å². The van der Waals surface area contributed by atoms with Crippen molar-refractivity contribution >= 4 is 39.1 Å². The zero-order chi connectivity index (χ0) is 25.6. The van der Waals surface area contributed by atoms with Crippen LogP contribution in [-0.2, 0) is 26.2 Å². The van der Waals surface area contributed by atoms with Crippen molar-refractivity contribution in [2.75, 3.05) is 17.1 Å². The lowest BCUT2D eigenvalue weighted by Crippen LogP contribution is -2.52. The fraction of sp³-hybridized carbons (Fsp3) is 0.462. The van der Waals surface area contributed by atoms with E-state index in [4.69, 9.17) is 11.6 Å². The number of rotatable bonds is 9. The van der Waals surface area contributed by atoms with Crippen LogP contribution in [-0.4, -0.2) is 50.0 Å². The van der Waals surface area contributed by atoms with E-state index in [0.717, 1.165) is 47.4 Å². The summed E-state index contributed by atoms with van der Waals surface area (Å²) in [5.74, 6) is -0.687. The van der Waals surface area contributed by atoms with Crippen molar-refractivity contribution in [1.29, 1.82) is 0 Å². The second-order valence-electron chi connectivity index (χ2n) is 9.28. The zero-order valence-corrected chi connectivity index (χ0v) is 22.1. The van der Waals surface area contributed by atoms with E-state index in [1.165, 1.54) is 11.3 Å². The Bertz CT molecular complexity index is 1130. The number of carbonyl (C=O) groups excluding carboxylic acids is 2. The van der Waals surface area contributed by atoms with Gasteiger partial charge in [0.05, 0.1) is 11.9 Å². The van der Waals surface area contributed by atoms with E-state index in [1.807, 2.05) is 31.2 Å². The predicted molar refractivity (Wildman–Crippen MR) is 140 cm³/mol. The van der Waals surface area contributed by atoms with Crippen LogP contribution in [0.4, 0.5) is 5.69 Å². The SMILES string of the molecule is Cc1cccc(CN(C(=O)CN(c2ccc(Cl)cc2)S(C)(=O)=O)C(C)C(=O)NC2CCCCC2)c1. The van der Waals surface area contributed by atoms with Crippen LogP contribution in [0.3, 0.4) is 0 Å².